The summed E-state index contributed by atoms with van der Waals surface area (Å²) in [5.74, 6) is 1.37. The maximum Gasteiger partial charge on any atom is 0.156 e. The predicted octanol–water partition coefficient (Wildman–Crippen LogP) is 2.93. The van der Waals surface area contributed by atoms with Crippen LogP contribution in [0.4, 0.5) is 0 Å². The van der Waals surface area contributed by atoms with Gasteiger partial charge >= 0.3 is 0 Å². The van der Waals surface area contributed by atoms with Crippen LogP contribution in [0.3, 0.4) is 0 Å². The molecule has 0 unspecified atom stereocenters. The number of halogens is 1. The first-order valence-corrected chi connectivity index (χ1v) is 5.70. The number of hydrogen-bond donors (Lipinski definition) is 0. The van der Waals surface area contributed by atoms with Gasteiger partial charge in [0.2, 0.25) is 0 Å². The molecule has 2 rings (SSSR count). The Bertz CT molecular complexity index is 517. The standard InChI is InChI=1S/C12H14ClN3/c1-8-4-11(6-13)7-14-12(8)16-10(3)5-9(2)15-16/h4-5,7H,6H2,1-3H3. The molecule has 84 valence electrons. The fourth-order valence-electron chi connectivity index (χ4n) is 1.76. The lowest BCUT2D eigenvalue weighted by Crippen LogP contribution is -2.04. The van der Waals surface area contributed by atoms with Gasteiger partial charge in [0.25, 0.3) is 0 Å². The molecule has 0 aliphatic carbocycles. The molecule has 0 amide bonds. The molecule has 0 fully saturated rings. The molecule has 2 heterocycles. The lowest BCUT2D eigenvalue weighted by Gasteiger charge is -2.07. The van der Waals surface area contributed by atoms with Crippen LogP contribution >= 0.6 is 11.6 Å². The van der Waals surface area contributed by atoms with Crippen LogP contribution in [0.5, 0.6) is 0 Å². The minimum atomic E-state index is 0.491. The van der Waals surface area contributed by atoms with E-state index < -0.39 is 0 Å². The average Bonchev–Trinajstić information content (AvgIpc) is 2.57. The largest absolute Gasteiger partial charge is 0.237 e. The summed E-state index contributed by atoms with van der Waals surface area (Å²) in [6.45, 7) is 6.03. The second kappa shape index (κ2) is 4.26. The molecule has 0 aliphatic heterocycles. The van der Waals surface area contributed by atoms with Crippen LogP contribution in [0, 0.1) is 20.8 Å². The van der Waals surface area contributed by atoms with Crippen molar-refractivity contribution in [1.29, 1.82) is 0 Å². The van der Waals surface area contributed by atoms with Crippen molar-refractivity contribution in [3.05, 3.63) is 40.8 Å². The zero-order valence-electron chi connectivity index (χ0n) is 9.66. The Morgan fingerprint density at radius 2 is 2.00 bits per heavy atom. The highest BCUT2D eigenvalue weighted by atomic mass is 35.5. The molecule has 0 N–H and O–H groups in total. The zero-order chi connectivity index (χ0) is 11.7. The molecule has 2 aromatic heterocycles. The highest BCUT2D eigenvalue weighted by Crippen LogP contribution is 2.15. The molecule has 0 atom stereocenters. The Morgan fingerprint density at radius 1 is 1.25 bits per heavy atom. The zero-order valence-corrected chi connectivity index (χ0v) is 10.4. The quantitative estimate of drug-likeness (QED) is 0.750. The lowest BCUT2D eigenvalue weighted by molar-refractivity contribution is 0.797. The number of aryl methyl sites for hydroxylation is 3. The molecule has 0 aromatic carbocycles. The number of alkyl halides is 1. The van der Waals surface area contributed by atoms with E-state index in [4.69, 9.17) is 11.6 Å². The first-order valence-electron chi connectivity index (χ1n) is 5.17. The Hall–Kier alpha value is -1.35. The normalized spacial score (nSPS) is 10.8. The van der Waals surface area contributed by atoms with E-state index in [1.54, 1.807) is 6.20 Å². The van der Waals surface area contributed by atoms with Crippen LogP contribution in [0.1, 0.15) is 22.5 Å². The predicted molar refractivity (Wildman–Crippen MR) is 65.1 cm³/mol. The van der Waals surface area contributed by atoms with Crippen molar-refractivity contribution in [1.82, 2.24) is 14.8 Å². The fourth-order valence-corrected chi connectivity index (χ4v) is 1.91. The van der Waals surface area contributed by atoms with Crippen molar-refractivity contribution in [2.24, 2.45) is 0 Å². The maximum absolute atomic E-state index is 5.77. The highest BCUT2D eigenvalue weighted by Gasteiger charge is 2.08. The molecule has 0 spiro atoms. The summed E-state index contributed by atoms with van der Waals surface area (Å²) >= 11 is 5.77. The Kier molecular flexibility index (Phi) is 2.97. The number of rotatable bonds is 2. The third kappa shape index (κ3) is 1.95. The van der Waals surface area contributed by atoms with E-state index in [1.165, 1.54) is 0 Å². The summed E-state index contributed by atoms with van der Waals surface area (Å²) in [5, 5.41) is 4.42. The van der Waals surface area contributed by atoms with Crippen molar-refractivity contribution in [3.63, 3.8) is 0 Å². The molecular weight excluding hydrogens is 222 g/mol. The number of pyridine rings is 1. The number of aromatic nitrogens is 3. The van der Waals surface area contributed by atoms with Crippen molar-refractivity contribution in [2.75, 3.05) is 0 Å². The Balaban J connectivity index is 2.52. The molecule has 2 aromatic rings. The molecule has 16 heavy (non-hydrogen) atoms. The fraction of sp³-hybridized carbons (Fsp3) is 0.333. The second-order valence-electron chi connectivity index (χ2n) is 3.96. The number of nitrogens with zero attached hydrogens (tertiary/aromatic N) is 3. The van der Waals surface area contributed by atoms with Gasteiger partial charge in [0.15, 0.2) is 5.82 Å². The highest BCUT2D eigenvalue weighted by molar-refractivity contribution is 6.17. The van der Waals surface area contributed by atoms with Crippen LogP contribution in [0.25, 0.3) is 5.82 Å². The van der Waals surface area contributed by atoms with Crippen LogP contribution in [-0.4, -0.2) is 14.8 Å². The number of hydrogen-bond acceptors (Lipinski definition) is 2. The van der Waals surface area contributed by atoms with Crippen molar-refractivity contribution < 1.29 is 0 Å². The first kappa shape index (κ1) is 11.1. The summed E-state index contributed by atoms with van der Waals surface area (Å²) in [5.41, 5.74) is 4.21. The van der Waals surface area contributed by atoms with Crippen molar-refractivity contribution in [3.8, 4) is 5.82 Å². The Labute approximate surface area is 100 Å². The Morgan fingerprint density at radius 3 is 2.50 bits per heavy atom. The van der Waals surface area contributed by atoms with Gasteiger partial charge in [-0.05, 0) is 44.0 Å². The van der Waals surface area contributed by atoms with E-state index in [-0.39, 0.29) is 0 Å². The van der Waals surface area contributed by atoms with Gasteiger partial charge < -0.3 is 0 Å². The first-order chi connectivity index (χ1) is 7.61. The third-order valence-electron chi connectivity index (χ3n) is 2.47. The van der Waals surface area contributed by atoms with Gasteiger partial charge in [0.05, 0.1) is 5.69 Å². The summed E-state index contributed by atoms with van der Waals surface area (Å²) in [7, 11) is 0. The molecule has 0 saturated carbocycles. The van der Waals surface area contributed by atoms with Crippen LogP contribution in [-0.2, 0) is 5.88 Å². The van der Waals surface area contributed by atoms with Crippen molar-refractivity contribution >= 4 is 11.6 Å². The van der Waals surface area contributed by atoms with Gasteiger partial charge in [-0.3, -0.25) is 0 Å². The monoisotopic (exact) mass is 235 g/mol. The minimum Gasteiger partial charge on any atom is -0.237 e. The smallest absolute Gasteiger partial charge is 0.156 e. The molecule has 0 radical (unpaired) electrons. The topological polar surface area (TPSA) is 30.7 Å². The molecule has 0 bridgehead atoms. The summed E-state index contributed by atoms with van der Waals surface area (Å²) < 4.78 is 1.86. The van der Waals surface area contributed by atoms with Gasteiger partial charge in [-0.25, -0.2) is 9.67 Å². The van der Waals surface area contributed by atoms with E-state index >= 15 is 0 Å². The van der Waals surface area contributed by atoms with E-state index in [0.717, 1.165) is 28.3 Å². The summed E-state index contributed by atoms with van der Waals surface area (Å²) in [4.78, 5) is 4.41. The molecule has 0 aliphatic rings. The molecule has 3 nitrogen and oxygen atoms in total. The average molecular weight is 236 g/mol. The second-order valence-corrected chi connectivity index (χ2v) is 4.22. The van der Waals surface area contributed by atoms with Crippen LogP contribution in [0.15, 0.2) is 18.3 Å². The van der Waals surface area contributed by atoms with Crippen LogP contribution in [0.2, 0.25) is 0 Å². The van der Waals surface area contributed by atoms with E-state index in [9.17, 15) is 0 Å². The summed E-state index contributed by atoms with van der Waals surface area (Å²) in [6.07, 6.45) is 1.80. The molecule has 4 heteroatoms. The van der Waals surface area contributed by atoms with E-state index in [2.05, 4.69) is 10.1 Å². The van der Waals surface area contributed by atoms with Gasteiger partial charge in [-0.15, -0.1) is 11.6 Å². The third-order valence-corrected chi connectivity index (χ3v) is 2.78. The van der Waals surface area contributed by atoms with Gasteiger partial charge in [-0.1, -0.05) is 0 Å². The van der Waals surface area contributed by atoms with E-state index in [0.29, 0.717) is 5.88 Å². The van der Waals surface area contributed by atoms with Crippen molar-refractivity contribution in [2.45, 2.75) is 26.7 Å². The van der Waals surface area contributed by atoms with Gasteiger partial charge in [0, 0.05) is 17.8 Å². The SMILES string of the molecule is Cc1cc(C)n(-c2ncc(CCl)cc2C)n1. The van der Waals surface area contributed by atoms with Crippen LogP contribution < -0.4 is 0 Å². The van der Waals surface area contributed by atoms with E-state index in [1.807, 2.05) is 37.6 Å². The maximum atomic E-state index is 5.77. The minimum absolute atomic E-state index is 0.491. The molecule has 0 saturated heterocycles. The van der Waals surface area contributed by atoms with Gasteiger partial charge in [0.1, 0.15) is 0 Å². The molecular formula is C12H14ClN3. The van der Waals surface area contributed by atoms with Gasteiger partial charge in [-0.2, -0.15) is 5.10 Å². The summed E-state index contributed by atoms with van der Waals surface area (Å²) in [6, 6.07) is 4.09. The lowest BCUT2D eigenvalue weighted by atomic mass is 10.2.